The first-order valence-electron chi connectivity index (χ1n) is 7.35. The van der Waals surface area contributed by atoms with Gasteiger partial charge in [0, 0.05) is 32.2 Å². The predicted molar refractivity (Wildman–Crippen MR) is 108 cm³/mol. The number of methoxy groups -OCH3 is 1. The number of halogens is 2. The van der Waals surface area contributed by atoms with Crippen LogP contribution in [-0.4, -0.2) is 33.3 Å². The predicted octanol–water partition coefficient (Wildman–Crippen LogP) is 4.00. The fourth-order valence-corrected chi connectivity index (χ4v) is 4.04. The van der Waals surface area contributed by atoms with Crippen molar-refractivity contribution in [3.05, 3.63) is 20.8 Å². The highest BCUT2D eigenvalue weighted by Crippen LogP contribution is 2.43. The molecule has 0 unspecified atom stereocenters. The van der Waals surface area contributed by atoms with Crippen LogP contribution in [0, 0.1) is 5.41 Å². The van der Waals surface area contributed by atoms with Crippen LogP contribution in [0.25, 0.3) is 0 Å². The van der Waals surface area contributed by atoms with E-state index < -0.39 is 0 Å². The van der Waals surface area contributed by atoms with Crippen LogP contribution in [0.5, 0.6) is 0 Å². The van der Waals surface area contributed by atoms with E-state index in [1.54, 1.807) is 18.4 Å². The Morgan fingerprint density at radius 2 is 2.18 bits per heavy atom. The van der Waals surface area contributed by atoms with Crippen LogP contribution in [0.2, 0.25) is 0 Å². The standard InChI is InChI=1S/C15H24BrN3OS.HI/c1-17-14(18-10-12-4-5-13(16)21-12)19-11-15(6-3-7-15)8-9-20-2;/h4-5H,3,6-11H2,1-2H3,(H2,17,18,19);1H. The van der Waals surface area contributed by atoms with Gasteiger partial charge >= 0.3 is 0 Å². The molecule has 0 bridgehead atoms. The molecule has 0 aromatic carbocycles. The lowest BCUT2D eigenvalue weighted by Gasteiger charge is -2.42. The van der Waals surface area contributed by atoms with Crippen LogP contribution in [0.4, 0.5) is 0 Å². The summed E-state index contributed by atoms with van der Waals surface area (Å²) < 4.78 is 6.40. The number of aliphatic imine (C=N–C) groups is 1. The molecule has 1 aliphatic rings. The van der Waals surface area contributed by atoms with Gasteiger partial charge < -0.3 is 15.4 Å². The van der Waals surface area contributed by atoms with Crippen LogP contribution in [0.15, 0.2) is 20.9 Å². The molecule has 0 amide bonds. The molecule has 4 nitrogen and oxygen atoms in total. The van der Waals surface area contributed by atoms with Gasteiger partial charge in [0.25, 0.3) is 0 Å². The third-order valence-corrected chi connectivity index (χ3v) is 5.79. The molecule has 1 aliphatic carbocycles. The van der Waals surface area contributed by atoms with Crippen LogP contribution in [-0.2, 0) is 11.3 Å². The first-order valence-corrected chi connectivity index (χ1v) is 8.96. The van der Waals surface area contributed by atoms with Gasteiger partial charge in [0.05, 0.1) is 10.3 Å². The molecular weight excluding hydrogens is 477 g/mol. The lowest BCUT2D eigenvalue weighted by atomic mass is 9.67. The highest BCUT2D eigenvalue weighted by Gasteiger charge is 2.36. The molecule has 7 heteroatoms. The summed E-state index contributed by atoms with van der Waals surface area (Å²) in [7, 11) is 3.60. The van der Waals surface area contributed by atoms with Gasteiger partial charge in [-0.05, 0) is 52.7 Å². The maximum Gasteiger partial charge on any atom is 0.191 e. The Kier molecular flexibility index (Phi) is 9.27. The fourth-order valence-electron chi connectivity index (χ4n) is 2.62. The highest BCUT2D eigenvalue weighted by atomic mass is 127. The Bertz CT molecular complexity index is 477. The number of hydrogen-bond acceptors (Lipinski definition) is 3. The number of thiophene rings is 1. The van der Waals surface area contributed by atoms with Crippen LogP contribution >= 0.6 is 51.2 Å². The maximum absolute atomic E-state index is 5.24. The molecule has 22 heavy (non-hydrogen) atoms. The lowest BCUT2D eigenvalue weighted by Crippen LogP contribution is -2.46. The molecule has 1 saturated carbocycles. The van der Waals surface area contributed by atoms with Crippen molar-refractivity contribution in [3.63, 3.8) is 0 Å². The Hall–Kier alpha value is 0.140. The number of nitrogens with zero attached hydrogens (tertiary/aromatic N) is 1. The number of guanidine groups is 1. The summed E-state index contributed by atoms with van der Waals surface area (Å²) >= 11 is 5.23. The van der Waals surface area contributed by atoms with Crippen LogP contribution < -0.4 is 10.6 Å². The van der Waals surface area contributed by atoms with E-state index in [1.807, 2.05) is 7.05 Å². The molecule has 1 aromatic rings. The second-order valence-corrected chi connectivity index (χ2v) is 8.13. The van der Waals surface area contributed by atoms with Gasteiger partial charge in [0.2, 0.25) is 0 Å². The zero-order valence-electron chi connectivity index (χ0n) is 13.2. The monoisotopic (exact) mass is 501 g/mol. The van der Waals surface area contributed by atoms with Gasteiger partial charge in [-0.2, -0.15) is 0 Å². The Morgan fingerprint density at radius 3 is 2.68 bits per heavy atom. The van der Waals surface area contributed by atoms with Crippen molar-refractivity contribution >= 4 is 57.2 Å². The molecular formula is C15H25BrIN3OS. The third kappa shape index (κ3) is 5.98. The highest BCUT2D eigenvalue weighted by molar-refractivity contribution is 14.0. The first kappa shape index (κ1) is 20.2. The normalized spacial score (nSPS) is 16.6. The van der Waals surface area contributed by atoms with Crippen molar-refractivity contribution in [2.75, 3.05) is 27.3 Å². The molecule has 1 aromatic heterocycles. The van der Waals surface area contributed by atoms with E-state index in [9.17, 15) is 0 Å². The van der Waals surface area contributed by atoms with Gasteiger partial charge in [-0.1, -0.05) is 6.42 Å². The second-order valence-electron chi connectivity index (χ2n) is 5.58. The SMILES string of the molecule is CN=C(NCc1ccc(Br)s1)NCC1(CCOC)CCC1.I. The molecule has 0 atom stereocenters. The van der Waals surface area contributed by atoms with Gasteiger partial charge in [0.1, 0.15) is 0 Å². The summed E-state index contributed by atoms with van der Waals surface area (Å²) in [5.41, 5.74) is 0.402. The number of hydrogen-bond donors (Lipinski definition) is 2. The van der Waals surface area contributed by atoms with E-state index in [1.165, 1.54) is 24.1 Å². The summed E-state index contributed by atoms with van der Waals surface area (Å²) in [6.07, 6.45) is 5.04. The van der Waals surface area contributed by atoms with Crippen molar-refractivity contribution in [2.24, 2.45) is 10.4 Å². The molecule has 0 spiro atoms. The molecule has 2 N–H and O–H groups in total. The van der Waals surface area contributed by atoms with Gasteiger partial charge in [-0.15, -0.1) is 35.3 Å². The number of nitrogens with one attached hydrogen (secondary N) is 2. The van der Waals surface area contributed by atoms with Gasteiger partial charge in [-0.25, -0.2) is 0 Å². The minimum absolute atomic E-state index is 0. The lowest BCUT2D eigenvalue weighted by molar-refractivity contribution is 0.0732. The Morgan fingerprint density at radius 1 is 1.41 bits per heavy atom. The minimum Gasteiger partial charge on any atom is -0.385 e. The van der Waals surface area contributed by atoms with Crippen molar-refractivity contribution in [3.8, 4) is 0 Å². The van der Waals surface area contributed by atoms with E-state index in [4.69, 9.17) is 4.74 Å². The molecule has 1 fully saturated rings. The fraction of sp³-hybridized carbons (Fsp3) is 0.667. The topological polar surface area (TPSA) is 45.7 Å². The molecule has 2 rings (SSSR count). The Balaban J connectivity index is 0.00000242. The smallest absolute Gasteiger partial charge is 0.191 e. The molecule has 1 heterocycles. The third-order valence-electron chi connectivity index (χ3n) is 4.16. The quantitative estimate of drug-likeness (QED) is 0.337. The molecule has 0 saturated heterocycles. The van der Waals surface area contributed by atoms with Crippen molar-refractivity contribution < 1.29 is 4.74 Å². The van der Waals surface area contributed by atoms with Crippen molar-refractivity contribution in [1.82, 2.24) is 10.6 Å². The zero-order chi connectivity index (χ0) is 15.1. The maximum atomic E-state index is 5.24. The number of ether oxygens (including phenoxy) is 1. The minimum atomic E-state index is 0. The zero-order valence-corrected chi connectivity index (χ0v) is 17.9. The summed E-state index contributed by atoms with van der Waals surface area (Å²) in [4.78, 5) is 5.60. The first-order chi connectivity index (χ1) is 10.2. The largest absolute Gasteiger partial charge is 0.385 e. The Labute approximate surface area is 162 Å². The van der Waals surface area contributed by atoms with Crippen LogP contribution in [0.3, 0.4) is 0 Å². The van der Waals surface area contributed by atoms with Gasteiger partial charge in [-0.3, -0.25) is 4.99 Å². The molecule has 0 radical (unpaired) electrons. The molecule has 0 aliphatic heterocycles. The van der Waals surface area contributed by atoms with Crippen LogP contribution in [0.1, 0.15) is 30.6 Å². The summed E-state index contributed by atoms with van der Waals surface area (Å²) in [5, 5.41) is 6.85. The molecule has 126 valence electrons. The van der Waals surface area contributed by atoms with Crippen molar-refractivity contribution in [2.45, 2.75) is 32.2 Å². The van der Waals surface area contributed by atoms with E-state index in [-0.39, 0.29) is 24.0 Å². The van der Waals surface area contributed by atoms with Gasteiger partial charge in [0.15, 0.2) is 5.96 Å². The van der Waals surface area contributed by atoms with E-state index in [0.717, 1.165) is 35.9 Å². The summed E-state index contributed by atoms with van der Waals surface area (Å²) in [5.74, 6) is 0.878. The average molecular weight is 502 g/mol. The second kappa shape index (κ2) is 10.1. The van der Waals surface area contributed by atoms with E-state index >= 15 is 0 Å². The van der Waals surface area contributed by atoms with E-state index in [0.29, 0.717) is 5.41 Å². The number of rotatable bonds is 7. The average Bonchev–Trinajstić information content (AvgIpc) is 2.86. The summed E-state index contributed by atoms with van der Waals surface area (Å²) in [6, 6.07) is 4.20. The van der Waals surface area contributed by atoms with Crippen molar-refractivity contribution in [1.29, 1.82) is 0 Å². The van der Waals surface area contributed by atoms with E-state index in [2.05, 4.69) is 43.7 Å². The summed E-state index contributed by atoms with van der Waals surface area (Å²) in [6.45, 7) is 2.63.